The Labute approximate surface area is 119 Å². The van der Waals surface area contributed by atoms with Crippen molar-refractivity contribution < 1.29 is 9.47 Å². The molecule has 2 aliphatic heterocycles. The highest BCUT2D eigenvalue weighted by Gasteiger charge is 2.19. The molecule has 4 heteroatoms. The summed E-state index contributed by atoms with van der Waals surface area (Å²) in [4.78, 5) is 2.46. The fraction of sp³-hybridized carbons (Fsp3) is 0.600. The smallest absolute Gasteiger partial charge is 0.161 e. The van der Waals surface area contributed by atoms with Crippen molar-refractivity contribution in [3.8, 4) is 11.5 Å². The summed E-state index contributed by atoms with van der Waals surface area (Å²) in [7, 11) is 0. The topological polar surface area (TPSA) is 21.7 Å². The lowest BCUT2D eigenvalue weighted by Crippen LogP contribution is -2.32. The third-order valence-corrected chi connectivity index (χ3v) is 4.19. The Bertz CT molecular complexity index is 432. The normalized spacial score (nSPS) is 21.1. The molecular formula is C15H20ClNO2. The summed E-state index contributed by atoms with van der Waals surface area (Å²) in [5.74, 6) is 1.66. The van der Waals surface area contributed by atoms with Crippen molar-refractivity contribution in [2.75, 3.05) is 32.8 Å². The van der Waals surface area contributed by atoms with Crippen LogP contribution < -0.4 is 9.47 Å². The minimum atomic E-state index is 0.0222. The second kappa shape index (κ2) is 6.02. The van der Waals surface area contributed by atoms with E-state index in [9.17, 15) is 0 Å². The zero-order valence-electron chi connectivity index (χ0n) is 11.1. The van der Waals surface area contributed by atoms with Crippen molar-refractivity contribution in [1.82, 2.24) is 4.90 Å². The Morgan fingerprint density at radius 1 is 1.05 bits per heavy atom. The Hall–Kier alpha value is -0.930. The Balaban J connectivity index is 1.67. The van der Waals surface area contributed by atoms with Crippen molar-refractivity contribution in [2.45, 2.75) is 24.6 Å². The second-order valence-electron chi connectivity index (χ2n) is 5.23. The van der Waals surface area contributed by atoms with E-state index >= 15 is 0 Å². The molecule has 1 aromatic rings. The van der Waals surface area contributed by atoms with Gasteiger partial charge in [-0.3, -0.25) is 0 Å². The monoisotopic (exact) mass is 281 g/mol. The lowest BCUT2D eigenvalue weighted by molar-refractivity contribution is 0.171. The zero-order valence-corrected chi connectivity index (χ0v) is 11.9. The van der Waals surface area contributed by atoms with Crippen molar-refractivity contribution >= 4 is 11.6 Å². The summed E-state index contributed by atoms with van der Waals surface area (Å²) < 4.78 is 11.1. The highest BCUT2D eigenvalue weighted by Crippen LogP contribution is 2.34. The van der Waals surface area contributed by atoms with Gasteiger partial charge >= 0.3 is 0 Å². The molecule has 0 aromatic heterocycles. The molecule has 1 atom stereocenters. The Kier molecular flexibility index (Phi) is 4.14. The number of ether oxygens (including phenoxy) is 2. The molecule has 0 N–H and O–H groups in total. The molecule has 1 aromatic carbocycles. The van der Waals surface area contributed by atoms with E-state index < -0.39 is 0 Å². The lowest BCUT2D eigenvalue weighted by Gasteiger charge is -2.28. The van der Waals surface area contributed by atoms with Gasteiger partial charge in [0.1, 0.15) is 13.2 Å². The summed E-state index contributed by atoms with van der Waals surface area (Å²) in [6, 6.07) is 6.04. The van der Waals surface area contributed by atoms with Crippen LogP contribution in [0.3, 0.4) is 0 Å². The summed E-state index contributed by atoms with van der Waals surface area (Å²) in [6.07, 6.45) is 3.95. The molecule has 0 spiro atoms. The Morgan fingerprint density at radius 2 is 1.79 bits per heavy atom. The van der Waals surface area contributed by atoms with Gasteiger partial charge in [0.15, 0.2) is 11.5 Å². The minimum Gasteiger partial charge on any atom is -0.486 e. The molecule has 0 amide bonds. The molecule has 104 valence electrons. The number of benzene rings is 1. The van der Waals surface area contributed by atoms with Crippen molar-refractivity contribution in [2.24, 2.45) is 0 Å². The quantitative estimate of drug-likeness (QED) is 0.794. The third-order valence-electron chi connectivity index (χ3n) is 3.80. The van der Waals surface area contributed by atoms with E-state index in [4.69, 9.17) is 21.1 Å². The van der Waals surface area contributed by atoms with E-state index in [0.29, 0.717) is 13.2 Å². The SMILES string of the molecule is ClC(CN1CCCCC1)c1ccc2c(c1)OCCO2. The maximum atomic E-state index is 6.54. The third kappa shape index (κ3) is 3.15. The van der Waals surface area contributed by atoms with Crippen LogP contribution in [0.25, 0.3) is 0 Å². The number of halogens is 1. The number of nitrogens with zero attached hydrogens (tertiary/aromatic N) is 1. The fourth-order valence-electron chi connectivity index (χ4n) is 2.73. The zero-order chi connectivity index (χ0) is 13.1. The van der Waals surface area contributed by atoms with E-state index in [2.05, 4.69) is 11.0 Å². The van der Waals surface area contributed by atoms with Gasteiger partial charge in [-0.15, -0.1) is 11.6 Å². The minimum absolute atomic E-state index is 0.0222. The molecule has 1 saturated heterocycles. The van der Waals surface area contributed by atoms with Crippen LogP contribution in [0.2, 0.25) is 0 Å². The van der Waals surface area contributed by atoms with E-state index in [1.807, 2.05) is 12.1 Å². The van der Waals surface area contributed by atoms with E-state index in [1.54, 1.807) is 0 Å². The summed E-state index contributed by atoms with van der Waals surface area (Å²) in [5, 5.41) is 0.0222. The van der Waals surface area contributed by atoms with E-state index in [1.165, 1.54) is 32.4 Å². The first-order chi connectivity index (χ1) is 9.33. The molecule has 1 unspecified atom stereocenters. The maximum absolute atomic E-state index is 6.54. The molecule has 0 aliphatic carbocycles. The van der Waals surface area contributed by atoms with Crippen molar-refractivity contribution in [1.29, 1.82) is 0 Å². The second-order valence-corrected chi connectivity index (χ2v) is 5.76. The van der Waals surface area contributed by atoms with Gasteiger partial charge < -0.3 is 14.4 Å². The van der Waals surface area contributed by atoms with Crippen LogP contribution in [-0.2, 0) is 0 Å². The number of rotatable bonds is 3. The average Bonchev–Trinajstić information content (AvgIpc) is 2.48. The first kappa shape index (κ1) is 13.1. The molecule has 2 aliphatic rings. The van der Waals surface area contributed by atoms with E-state index in [-0.39, 0.29) is 5.38 Å². The fourth-order valence-corrected chi connectivity index (χ4v) is 3.06. The van der Waals surface area contributed by atoms with Crippen LogP contribution in [0, 0.1) is 0 Å². The summed E-state index contributed by atoms with van der Waals surface area (Å²) in [6.45, 7) is 4.52. The molecule has 0 radical (unpaired) electrons. The molecule has 0 bridgehead atoms. The number of piperidine rings is 1. The largest absolute Gasteiger partial charge is 0.486 e. The molecule has 3 rings (SSSR count). The first-order valence-corrected chi connectivity index (χ1v) is 7.52. The standard InChI is InChI=1S/C15H20ClNO2/c16-13(11-17-6-2-1-3-7-17)12-4-5-14-15(10-12)19-9-8-18-14/h4-5,10,13H,1-3,6-9,11H2. The number of hydrogen-bond donors (Lipinski definition) is 0. The number of hydrogen-bond acceptors (Lipinski definition) is 3. The molecule has 2 heterocycles. The van der Waals surface area contributed by atoms with Crippen LogP contribution in [0.4, 0.5) is 0 Å². The van der Waals surface area contributed by atoms with Gasteiger partial charge in [-0.1, -0.05) is 12.5 Å². The van der Waals surface area contributed by atoms with Gasteiger partial charge in [0, 0.05) is 6.54 Å². The molecule has 1 fully saturated rings. The molecular weight excluding hydrogens is 262 g/mol. The molecule has 0 saturated carbocycles. The van der Waals surface area contributed by atoms with Gasteiger partial charge in [0.05, 0.1) is 5.38 Å². The molecule has 19 heavy (non-hydrogen) atoms. The van der Waals surface area contributed by atoms with Gasteiger partial charge in [0.2, 0.25) is 0 Å². The van der Waals surface area contributed by atoms with Gasteiger partial charge in [-0.2, -0.15) is 0 Å². The highest BCUT2D eigenvalue weighted by molar-refractivity contribution is 6.21. The maximum Gasteiger partial charge on any atom is 0.161 e. The number of likely N-dealkylation sites (tertiary alicyclic amines) is 1. The summed E-state index contributed by atoms with van der Waals surface area (Å²) >= 11 is 6.54. The van der Waals surface area contributed by atoms with Crippen LogP contribution in [0.1, 0.15) is 30.2 Å². The average molecular weight is 282 g/mol. The van der Waals surface area contributed by atoms with Crippen molar-refractivity contribution in [3.63, 3.8) is 0 Å². The lowest BCUT2D eigenvalue weighted by atomic mass is 10.1. The highest BCUT2D eigenvalue weighted by atomic mass is 35.5. The first-order valence-electron chi connectivity index (χ1n) is 7.09. The number of fused-ring (bicyclic) bond motifs is 1. The summed E-state index contributed by atoms with van der Waals surface area (Å²) in [5.41, 5.74) is 1.12. The Morgan fingerprint density at radius 3 is 2.58 bits per heavy atom. The number of alkyl halides is 1. The van der Waals surface area contributed by atoms with Crippen LogP contribution in [-0.4, -0.2) is 37.7 Å². The van der Waals surface area contributed by atoms with Crippen LogP contribution in [0.5, 0.6) is 11.5 Å². The van der Waals surface area contributed by atoms with Gasteiger partial charge in [0.25, 0.3) is 0 Å². The van der Waals surface area contributed by atoms with Gasteiger partial charge in [-0.25, -0.2) is 0 Å². The van der Waals surface area contributed by atoms with Crippen LogP contribution >= 0.6 is 11.6 Å². The predicted octanol–water partition coefficient (Wildman–Crippen LogP) is 3.22. The van der Waals surface area contributed by atoms with Crippen molar-refractivity contribution in [3.05, 3.63) is 23.8 Å². The van der Waals surface area contributed by atoms with Crippen LogP contribution in [0.15, 0.2) is 18.2 Å². The predicted molar refractivity (Wildman–Crippen MR) is 76.3 cm³/mol. The van der Waals surface area contributed by atoms with E-state index in [0.717, 1.165) is 23.6 Å². The van der Waals surface area contributed by atoms with Gasteiger partial charge in [-0.05, 0) is 43.6 Å². The molecule has 3 nitrogen and oxygen atoms in total.